The summed E-state index contributed by atoms with van der Waals surface area (Å²) in [4.78, 5) is 10.4. The van der Waals surface area contributed by atoms with Crippen molar-refractivity contribution in [2.45, 2.75) is 24.9 Å². The Morgan fingerprint density at radius 3 is 2.64 bits per heavy atom. The van der Waals surface area contributed by atoms with E-state index in [2.05, 4.69) is 9.97 Å². The zero-order valence-electron chi connectivity index (χ0n) is 12.2. The lowest BCUT2D eigenvalue weighted by molar-refractivity contribution is -0.137. The molecule has 2 aromatic heterocycles. The first-order valence-corrected chi connectivity index (χ1v) is 7.20. The average molecular weight is 310 g/mol. The molecule has 4 nitrogen and oxygen atoms in total. The van der Waals surface area contributed by atoms with E-state index in [1.165, 1.54) is 6.07 Å². The summed E-state index contributed by atoms with van der Waals surface area (Å²) >= 11 is 0. The van der Waals surface area contributed by atoms with Gasteiger partial charge in [0.05, 0.1) is 5.56 Å². The molecular weight excluding hydrogens is 293 g/mol. The van der Waals surface area contributed by atoms with Crippen LogP contribution in [0.25, 0.3) is 0 Å². The van der Waals surface area contributed by atoms with Crippen LogP contribution in [0.1, 0.15) is 30.1 Å². The van der Waals surface area contributed by atoms with E-state index >= 15 is 0 Å². The number of rotatable bonds is 2. The van der Waals surface area contributed by atoms with Gasteiger partial charge in [-0.1, -0.05) is 0 Å². The third-order valence-corrected chi connectivity index (χ3v) is 4.04. The van der Waals surface area contributed by atoms with Crippen LogP contribution in [0.15, 0.2) is 30.7 Å². The van der Waals surface area contributed by atoms with E-state index in [0.717, 1.165) is 44.0 Å². The van der Waals surface area contributed by atoms with Crippen LogP contribution in [0.3, 0.4) is 0 Å². The van der Waals surface area contributed by atoms with Crippen LogP contribution in [0.2, 0.25) is 0 Å². The highest BCUT2D eigenvalue weighted by atomic mass is 19.4. The Morgan fingerprint density at radius 1 is 1.23 bits per heavy atom. The maximum absolute atomic E-state index is 12.6. The number of aryl methyl sites for hydroxylation is 1. The summed E-state index contributed by atoms with van der Waals surface area (Å²) in [6.45, 7) is 1.53. The highest BCUT2D eigenvalue weighted by Crippen LogP contribution is 2.31. The lowest BCUT2D eigenvalue weighted by Gasteiger charge is -2.33. The lowest BCUT2D eigenvalue weighted by Crippen LogP contribution is -2.35. The van der Waals surface area contributed by atoms with Crippen LogP contribution in [-0.2, 0) is 13.2 Å². The van der Waals surface area contributed by atoms with Gasteiger partial charge in [0.25, 0.3) is 0 Å². The van der Waals surface area contributed by atoms with E-state index in [9.17, 15) is 13.2 Å². The highest BCUT2D eigenvalue weighted by molar-refractivity contribution is 5.41. The zero-order valence-corrected chi connectivity index (χ0v) is 12.2. The van der Waals surface area contributed by atoms with Crippen molar-refractivity contribution in [1.82, 2.24) is 14.5 Å². The second-order valence-electron chi connectivity index (χ2n) is 5.58. The van der Waals surface area contributed by atoms with Gasteiger partial charge in [-0.2, -0.15) is 13.2 Å². The molecule has 1 unspecified atom stereocenters. The Balaban J connectivity index is 1.76. The van der Waals surface area contributed by atoms with Crippen molar-refractivity contribution >= 4 is 5.82 Å². The molecule has 1 atom stereocenters. The van der Waals surface area contributed by atoms with Crippen LogP contribution >= 0.6 is 0 Å². The topological polar surface area (TPSA) is 34.0 Å². The Morgan fingerprint density at radius 2 is 2.05 bits per heavy atom. The number of aromatic nitrogens is 3. The summed E-state index contributed by atoms with van der Waals surface area (Å²) in [6, 6.07) is 2.54. The Hall–Kier alpha value is -2.05. The van der Waals surface area contributed by atoms with Crippen LogP contribution in [0.5, 0.6) is 0 Å². The van der Waals surface area contributed by atoms with Crippen molar-refractivity contribution in [3.63, 3.8) is 0 Å². The van der Waals surface area contributed by atoms with Gasteiger partial charge in [0.15, 0.2) is 0 Å². The first-order chi connectivity index (χ1) is 10.4. The number of hydrogen-bond donors (Lipinski definition) is 0. The van der Waals surface area contributed by atoms with Gasteiger partial charge >= 0.3 is 6.18 Å². The molecule has 7 heteroatoms. The molecule has 0 saturated carbocycles. The molecule has 1 aliphatic heterocycles. The third-order valence-electron chi connectivity index (χ3n) is 4.04. The molecule has 0 bridgehead atoms. The van der Waals surface area contributed by atoms with E-state index in [-0.39, 0.29) is 5.92 Å². The lowest BCUT2D eigenvalue weighted by atomic mass is 9.97. The molecule has 0 N–H and O–H groups in total. The monoisotopic (exact) mass is 310 g/mol. The van der Waals surface area contributed by atoms with Gasteiger partial charge in [-0.15, -0.1) is 0 Å². The van der Waals surface area contributed by atoms with Crippen molar-refractivity contribution in [1.29, 1.82) is 0 Å². The summed E-state index contributed by atoms with van der Waals surface area (Å²) in [5, 5.41) is 0. The molecular formula is C15H17F3N4. The van der Waals surface area contributed by atoms with Gasteiger partial charge in [-0.3, -0.25) is 0 Å². The number of hydrogen-bond acceptors (Lipinski definition) is 3. The number of anilines is 1. The fourth-order valence-electron chi connectivity index (χ4n) is 2.91. The molecule has 0 aliphatic carbocycles. The summed E-state index contributed by atoms with van der Waals surface area (Å²) < 4.78 is 39.8. The second kappa shape index (κ2) is 5.62. The van der Waals surface area contributed by atoms with E-state index in [4.69, 9.17) is 0 Å². The maximum Gasteiger partial charge on any atom is 0.417 e. The SMILES string of the molecule is Cn1ccnc1C1CCCN(c2ccc(C(F)(F)F)cn2)C1. The van der Waals surface area contributed by atoms with Crippen LogP contribution < -0.4 is 4.90 Å². The minimum atomic E-state index is -4.34. The van der Waals surface area contributed by atoms with Crippen LogP contribution in [-0.4, -0.2) is 27.6 Å². The number of pyridine rings is 1. The average Bonchev–Trinajstić information content (AvgIpc) is 2.93. The molecule has 22 heavy (non-hydrogen) atoms. The Bertz CT molecular complexity index is 633. The van der Waals surface area contributed by atoms with Gasteiger partial charge in [0.1, 0.15) is 11.6 Å². The normalized spacial score (nSPS) is 19.5. The smallest absolute Gasteiger partial charge is 0.356 e. The first-order valence-electron chi connectivity index (χ1n) is 7.20. The van der Waals surface area contributed by atoms with Crippen LogP contribution in [0.4, 0.5) is 19.0 Å². The first kappa shape index (κ1) is 14.9. The third kappa shape index (κ3) is 2.93. The quantitative estimate of drug-likeness (QED) is 0.854. The van der Waals surface area contributed by atoms with Crippen molar-refractivity contribution < 1.29 is 13.2 Å². The molecule has 0 spiro atoms. The molecule has 0 radical (unpaired) electrons. The Kier molecular flexibility index (Phi) is 3.80. The Labute approximate surface area is 126 Å². The van der Waals surface area contributed by atoms with Gasteiger partial charge in [-0.05, 0) is 25.0 Å². The number of piperidine rings is 1. The second-order valence-corrected chi connectivity index (χ2v) is 5.58. The van der Waals surface area contributed by atoms with Crippen molar-refractivity contribution in [2.24, 2.45) is 7.05 Å². The van der Waals surface area contributed by atoms with Gasteiger partial charge < -0.3 is 9.47 Å². The summed E-state index contributed by atoms with van der Waals surface area (Å²) in [5.41, 5.74) is -0.714. The fraction of sp³-hybridized carbons (Fsp3) is 0.467. The molecule has 0 amide bonds. The number of halogens is 3. The van der Waals surface area contributed by atoms with Gasteiger partial charge in [0, 0.05) is 44.6 Å². The predicted octanol–water partition coefficient (Wildman–Crippen LogP) is 3.22. The molecule has 1 aliphatic rings. The van der Waals surface area contributed by atoms with E-state index in [1.54, 1.807) is 6.20 Å². The molecule has 118 valence electrons. The molecule has 3 heterocycles. The number of alkyl halides is 3. The van der Waals surface area contributed by atoms with E-state index < -0.39 is 11.7 Å². The van der Waals surface area contributed by atoms with E-state index in [1.807, 2.05) is 22.7 Å². The van der Waals surface area contributed by atoms with Crippen LogP contribution in [0, 0.1) is 0 Å². The molecule has 3 rings (SSSR count). The molecule has 1 saturated heterocycles. The standard InChI is InChI=1S/C15H17F3N4/c1-21-8-6-19-14(21)11-3-2-7-22(10-11)13-5-4-12(9-20-13)15(16,17)18/h4-6,8-9,11H,2-3,7,10H2,1H3. The zero-order chi connectivity index (χ0) is 15.7. The molecule has 0 aromatic carbocycles. The largest absolute Gasteiger partial charge is 0.417 e. The van der Waals surface area contributed by atoms with Crippen molar-refractivity contribution in [3.8, 4) is 0 Å². The minimum Gasteiger partial charge on any atom is -0.356 e. The fourth-order valence-corrected chi connectivity index (χ4v) is 2.91. The highest BCUT2D eigenvalue weighted by Gasteiger charge is 2.31. The minimum absolute atomic E-state index is 0.276. The van der Waals surface area contributed by atoms with Crippen molar-refractivity contribution in [2.75, 3.05) is 18.0 Å². The number of imidazole rings is 1. The summed E-state index contributed by atoms with van der Waals surface area (Å²) in [7, 11) is 1.96. The van der Waals surface area contributed by atoms with Gasteiger partial charge in [0.2, 0.25) is 0 Å². The number of nitrogens with zero attached hydrogens (tertiary/aromatic N) is 4. The molecule has 1 fully saturated rings. The summed E-state index contributed by atoms with van der Waals surface area (Å²) in [6.07, 6.45) is 2.24. The predicted molar refractivity (Wildman–Crippen MR) is 76.6 cm³/mol. The maximum atomic E-state index is 12.6. The van der Waals surface area contributed by atoms with Crippen molar-refractivity contribution in [3.05, 3.63) is 42.1 Å². The van der Waals surface area contributed by atoms with Gasteiger partial charge in [-0.25, -0.2) is 9.97 Å². The molecule has 2 aromatic rings. The summed E-state index contributed by atoms with van der Waals surface area (Å²) in [5.74, 6) is 1.88. The van der Waals surface area contributed by atoms with E-state index in [0.29, 0.717) is 5.82 Å².